The van der Waals surface area contributed by atoms with Crippen molar-refractivity contribution in [2.45, 2.75) is 97.7 Å². The summed E-state index contributed by atoms with van der Waals surface area (Å²) in [6.45, 7) is 7.68. The van der Waals surface area contributed by atoms with Gasteiger partial charge in [-0.05, 0) is 13.3 Å². The molecule has 142 valence electrons. The molecule has 0 radical (unpaired) electrons. The Bertz CT molecular complexity index is 355. The fourth-order valence-corrected chi connectivity index (χ4v) is 2.40. The second-order valence-corrected chi connectivity index (χ2v) is 6.36. The average Bonchev–Trinajstić information content (AvgIpc) is 2.51. The third kappa shape index (κ3) is 13.2. The number of carbonyl (C=O) groups is 1. The van der Waals surface area contributed by atoms with Crippen LogP contribution in [0.4, 0.5) is 4.79 Å². The molecule has 0 saturated heterocycles. The van der Waals surface area contributed by atoms with Crippen LogP contribution in [0.15, 0.2) is 5.16 Å². The van der Waals surface area contributed by atoms with Crippen LogP contribution in [0.2, 0.25) is 0 Å². The van der Waals surface area contributed by atoms with E-state index >= 15 is 0 Å². The van der Waals surface area contributed by atoms with Crippen LogP contribution in [0, 0.1) is 0 Å². The summed E-state index contributed by atoms with van der Waals surface area (Å²) in [5, 5.41) is 11.9. The molecule has 0 amide bonds. The number of hydrogen-bond acceptors (Lipinski definition) is 6. The number of unbranched alkanes of at least 4 members (excludes halogenated alkanes) is 8. The maximum absolute atomic E-state index is 11.6. The molecule has 0 aromatic rings. The van der Waals surface area contributed by atoms with Gasteiger partial charge in [0, 0.05) is 26.9 Å². The smallest absolute Gasteiger partial charge is 0.408 e. The van der Waals surface area contributed by atoms with Gasteiger partial charge in [-0.25, -0.2) is 4.79 Å². The van der Waals surface area contributed by atoms with Crippen molar-refractivity contribution in [3.8, 4) is 0 Å². The molecule has 0 aliphatic heterocycles. The molecule has 0 aromatic heterocycles. The molecule has 0 rings (SSSR count). The zero-order chi connectivity index (χ0) is 18.3. The minimum absolute atomic E-state index is 0.0183. The van der Waals surface area contributed by atoms with Crippen molar-refractivity contribution in [1.29, 1.82) is 0 Å². The lowest BCUT2D eigenvalue weighted by atomic mass is 10.1. The highest BCUT2D eigenvalue weighted by atomic mass is 16.8. The van der Waals surface area contributed by atoms with Crippen LogP contribution >= 0.6 is 0 Å². The minimum Gasteiger partial charge on any atom is -0.408 e. The Morgan fingerprint density at radius 3 is 2.00 bits per heavy atom. The van der Waals surface area contributed by atoms with E-state index in [-0.39, 0.29) is 5.90 Å². The van der Waals surface area contributed by atoms with Gasteiger partial charge in [0.2, 0.25) is 11.7 Å². The first kappa shape index (κ1) is 22.7. The van der Waals surface area contributed by atoms with E-state index in [1.165, 1.54) is 38.5 Å². The summed E-state index contributed by atoms with van der Waals surface area (Å²) in [6.07, 6.45) is 10.2. The maximum Gasteiger partial charge on any atom is 0.517 e. The Balaban J connectivity index is 3.79. The Hall–Kier alpha value is -1.30. The summed E-state index contributed by atoms with van der Waals surface area (Å²) >= 11 is 0. The van der Waals surface area contributed by atoms with E-state index in [2.05, 4.69) is 12.1 Å². The van der Waals surface area contributed by atoms with Gasteiger partial charge in [-0.2, -0.15) is 0 Å². The molecule has 0 saturated carbocycles. The lowest BCUT2D eigenvalue weighted by molar-refractivity contribution is -0.181. The van der Waals surface area contributed by atoms with Gasteiger partial charge >= 0.3 is 6.16 Å². The van der Waals surface area contributed by atoms with Crippen molar-refractivity contribution in [2.75, 3.05) is 6.61 Å². The standard InChI is InChI=1S/C18H35NO5/c1-5-7-8-9-10-11-12-13-14-15-16(19-21)23-17(20)24-18(3,4)22-6-2/h21H,5-15H2,1-4H3. The molecular weight excluding hydrogens is 310 g/mol. The number of rotatable bonds is 13. The number of oxime groups is 1. The second kappa shape index (κ2) is 14.1. The average molecular weight is 345 g/mol. The van der Waals surface area contributed by atoms with Crippen LogP contribution in [0.1, 0.15) is 91.9 Å². The van der Waals surface area contributed by atoms with Crippen molar-refractivity contribution in [3.63, 3.8) is 0 Å². The van der Waals surface area contributed by atoms with Crippen molar-refractivity contribution in [3.05, 3.63) is 0 Å². The molecule has 0 bridgehead atoms. The molecule has 0 heterocycles. The molecule has 6 heteroatoms. The summed E-state index contributed by atoms with van der Waals surface area (Å²) < 4.78 is 15.2. The van der Waals surface area contributed by atoms with E-state index in [1.54, 1.807) is 20.8 Å². The first-order chi connectivity index (χ1) is 11.4. The van der Waals surface area contributed by atoms with Gasteiger partial charge < -0.3 is 19.4 Å². The summed E-state index contributed by atoms with van der Waals surface area (Å²) in [7, 11) is 0. The fraction of sp³-hybridized carbons (Fsp3) is 0.889. The van der Waals surface area contributed by atoms with Gasteiger partial charge in [-0.3, -0.25) is 0 Å². The van der Waals surface area contributed by atoms with Crippen LogP contribution in [0.3, 0.4) is 0 Å². The summed E-state index contributed by atoms with van der Waals surface area (Å²) in [5.41, 5.74) is 0. The molecule has 24 heavy (non-hydrogen) atoms. The van der Waals surface area contributed by atoms with Crippen LogP contribution < -0.4 is 0 Å². The molecule has 6 nitrogen and oxygen atoms in total. The molecule has 0 unspecified atom stereocenters. The Morgan fingerprint density at radius 1 is 0.958 bits per heavy atom. The summed E-state index contributed by atoms with van der Waals surface area (Å²) in [6, 6.07) is 0. The fourth-order valence-electron chi connectivity index (χ4n) is 2.40. The predicted molar refractivity (Wildman–Crippen MR) is 94.3 cm³/mol. The highest BCUT2D eigenvalue weighted by Gasteiger charge is 2.25. The largest absolute Gasteiger partial charge is 0.517 e. The van der Waals surface area contributed by atoms with Crippen LogP contribution in [0.25, 0.3) is 0 Å². The van der Waals surface area contributed by atoms with Gasteiger partial charge in [0.25, 0.3) is 0 Å². The normalized spacial score (nSPS) is 12.2. The number of nitrogens with zero attached hydrogens (tertiary/aromatic N) is 1. The van der Waals surface area contributed by atoms with E-state index < -0.39 is 11.9 Å². The molecule has 0 spiro atoms. The van der Waals surface area contributed by atoms with Crippen LogP contribution in [0.5, 0.6) is 0 Å². The SMILES string of the molecule is CCCCCCCCCCCC(=NO)OC(=O)OC(C)(C)OCC. The Morgan fingerprint density at radius 2 is 1.50 bits per heavy atom. The Labute approximate surface area is 146 Å². The lowest BCUT2D eigenvalue weighted by Gasteiger charge is -2.23. The first-order valence-electron chi connectivity index (χ1n) is 9.20. The van der Waals surface area contributed by atoms with Gasteiger partial charge in [0.15, 0.2) is 0 Å². The van der Waals surface area contributed by atoms with Crippen molar-refractivity contribution >= 4 is 12.1 Å². The molecule has 0 aliphatic rings. The van der Waals surface area contributed by atoms with Gasteiger partial charge in [0.05, 0.1) is 0 Å². The van der Waals surface area contributed by atoms with E-state index in [4.69, 9.17) is 19.4 Å². The number of ether oxygens (including phenoxy) is 3. The molecule has 0 aliphatic carbocycles. The topological polar surface area (TPSA) is 77.4 Å². The molecule has 0 aromatic carbocycles. The van der Waals surface area contributed by atoms with Crippen molar-refractivity contribution in [1.82, 2.24) is 0 Å². The van der Waals surface area contributed by atoms with Crippen molar-refractivity contribution < 1.29 is 24.2 Å². The van der Waals surface area contributed by atoms with E-state index in [1.807, 2.05) is 0 Å². The Kier molecular flexibility index (Phi) is 13.3. The maximum atomic E-state index is 11.6. The second-order valence-electron chi connectivity index (χ2n) is 6.36. The molecule has 1 N–H and O–H groups in total. The van der Waals surface area contributed by atoms with E-state index in [0.717, 1.165) is 19.3 Å². The monoisotopic (exact) mass is 345 g/mol. The quantitative estimate of drug-likeness (QED) is 0.0891. The zero-order valence-corrected chi connectivity index (χ0v) is 15.8. The minimum atomic E-state index is -1.07. The van der Waals surface area contributed by atoms with Crippen molar-refractivity contribution in [2.24, 2.45) is 5.16 Å². The van der Waals surface area contributed by atoms with E-state index in [9.17, 15) is 4.79 Å². The third-order valence-electron chi connectivity index (χ3n) is 3.63. The summed E-state index contributed by atoms with van der Waals surface area (Å²) in [4.78, 5) is 11.6. The van der Waals surface area contributed by atoms with Gasteiger partial charge in [0.1, 0.15) is 0 Å². The zero-order valence-electron chi connectivity index (χ0n) is 15.8. The van der Waals surface area contributed by atoms with Gasteiger partial charge in [-0.15, -0.1) is 0 Å². The molecule has 0 fully saturated rings. The van der Waals surface area contributed by atoms with Gasteiger partial charge in [-0.1, -0.05) is 63.4 Å². The first-order valence-corrected chi connectivity index (χ1v) is 9.20. The summed E-state index contributed by atoms with van der Waals surface area (Å²) in [5.74, 6) is -1.08. The van der Waals surface area contributed by atoms with Crippen LogP contribution in [-0.4, -0.2) is 29.7 Å². The number of carbonyl (C=O) groups excluding carboxylic acids is 1. The van der Waals surface area contributed by atoms with Crippen LogP contribution in [-0.2, 0) is 14.2 Å². The third-order valence-corrected chi connectivity index (χ3v) is 3.63. The lowest BCUT2D eigenvalue weighted by Crippen LogP contribution is -2.32. The highest BCUT2D eigenvalue weighted by molar-refractivity contribution is 5.85. The predicted octanol–water partition coefficient (Wildman–Crippen LogP) is 5.62. The van der Waals surface area contributed by atoms with E-state index in [0.29, 0.717) is 13.0 Å². The number of hydrogen-bond donors (Lipinski definition) is 1. The highest BCUT2D eigenvalue weighted by Crippen LogP contribution is 2.14. The molecular formula is C18H35NO5. The molecule has 0 atom stereocenters.